The van der Waals surface area contributed by atoms with Crippen LogP contribution >= 0.6 is 0 Å². The fourth-order valence-corrected chi connectivity index (χ4v) is 1.57. The summed E-state index contributed by atoms with van der Waals surface area (Å²) in [5.41, 5.74) is 1.27. The molecule has 94 valence electrons. The number of benzene rings is 2. The third-order valence-corrected chi connectivity index (χ3v) is 2.57. The first-order chi connectivity index (χ1) is 8.69. The van der Waals surface area contributed by atoms with E-state index in [2.05, 4.69) is 5.32 Å². The summed E-state index contributed by atoms with van der Waals surface area (Å²) in [6.45, 7) is 0.465. The number of halogens is 2. The van der Waals surface area contributed by atoms with Crippen molar-refractivity contribution in [3.8, 4) is 5.75 Å². The molecule has 0 atom stereocenters. The van der Waals surface area contributed by atoms with Gasteiger partial charge in [0.2, 0.25) is 0 Å². The van der Waals surface area contributed by atoms with Crippen LogP contribution in [0.15, 0.2) is 42.5 Å². The molecule has 0 spiro atoms. The van der Waals surface area contributed by atoms with Crippen LogP contribution in [0.4, 0.5) is 14.5 Å². The van der Waals surface area contributed by atoms with E-state index < -0.39 is 11.6 Å². The van der Waals surface area contributed by atoms with E-state index in [4.69, 9.17) is 4.74 Å². The van der Waals surface area contributed by atoms with Crippen LogP contribution in [0.1, 0.15) is 5.56 Å². The van der Waals surface area contributed by atoms with Gasteiger partial charge in [-0.05, 0) is 29.8 Å². The molecule has 0 amide bonds. The zero-order valence-corrected chi connectivity index (χ0v) is 9.91. The zero-order valence-electron chi connectivity index (χ0n) is 9.91. The third-order valence-electron chi connectivity index (χ3n) is 2.57. The highest BCUT2D eigenvalue weighted by atomic mass is 19.1. The Kier molecular flexibility index (Phi) is 3.77. The lowest BCUT2D eigenvalue weighted by atomic mass is 10.2. The van der Waals surface area contributed by atoms with Gasteiger partial charge in [0, 0.05) is 12.6 Å². The van der Waals surface area contributed by atoms with Crippen LogP contribution in [0.25, 0.3) is 0 Å². The van der Waals surface area contributed by atoms with Gasteiger partial charge in [-0.25, -0.2) is 8.78 Å². The molecular formula is C14H13F2NO. The molecule has 0 saturated heterocycles. The molecule has 0 fully saturated rings. The van der Waals surface area contributed by atoms with Gasteiger partial charge >= 0.3 is 0 Å². The fraction of sp³-hybridized carbons (Fsp3) is 0.143. The van der Waals surface area contributed by atoms with Crippen molar-refractivity contribution >= 4 is 5.69 Å². The molecule has 1 N–H and O–H groups in total. The van der Waals surface area contributed by atoms with E-state index in [9.17, 15) is 8.78 Å². The summed E-state index contributed by atoms with van der Waals surface area (Å²) in [4.78, 5) is 0. The van der Waals surface area contributed by atoms with Crippen molar-refractivity contribution < 1.29 is 13.5 Å². The van der Waals surface area contributed by atoms with Gasteiger partial charge in [0.15, 0.2) is 0 Å². The minimum atomic E-state index is -0.594. The Morgan fingerprint density at radius 1 is 1.06 bits per heavy atom. The molecule has 0 unspecified atom stereocenters. The molecule has 2 aromatic rings. The minimum Gasteiger partial charge on any atom is -0.497 e. The van der Waals surface area contributed by atoms with Crippen molar-refractivity contribution in [3.63, 3.8) is 0 Å². The third kappa shape index (κ3) is 2.97. The van der Waals surface area contributed by atoms with E-state index in [1.165, 1.54) is 12.1 Å². The van der Waals surface area contributed by atoms with Gasteiger partial charge in [-0.1, -0.05) is 12.1 Å². The Bertz CT molecular complexity index is 526. The second-order valence-electron chi connectivity index (χ2n) is 3.83. The number of anilines is 1. The predicted molar refractivity (Wildman–Crippen MR) is 66.7 cm³/mol. The minimum absolute atomic E-state index is 0.284. The molecule has 0 aliphatic carbocycles. The van der Waals surface area contributed by atoms with Crippen LogP contribution < -0.4 is 10.1 Å². The van der Waals surface area contributed by atoms with E-state index in [0.29, 0.717) is 6.54 Å². The second-order valence-corrected chi connectivity index (χ2v) is 3.83. The quantitative estimate of drug-likeness (QED) is 0.894. The number of rotatable bonds is 4. The Morgan fingerprint density at radius 2 is 1.78 bits per heavy atom. The lowest BCUT2D eigenvalue weighted by molar-refractivity contribution is 0.414. The van der Waals surface area contributed by atoms with Gasteiger partial charge in [0.25, 0.3) is 0 Å². The van der Waals surface area contributed by atoms with Crippen molar-refractivity contribution in [2.45, 2.75) is 6.54 Å². The van der Waals surface area contributed by atoms with Crippen LogP contribution in [-0.2, 0) is 6.54 Å². The normalized spacial score (nSPS) is 10.2. The van der Waals surface area contributed by atoms with Crippen molar-refractivity contribution in [2.24, 2.45) is 0 Å². The number of hydrogen-bond donors (Lipinski definition) is 1. The SMILES string of the molecule is COc1ccc(CNc2ccc(F)cc2F)cc1. The van der Waals surface area contributed by atoms with Crippen LogP contribution in [0.2, 0.25) is 0 Å². The molecule has 0 saturated carbocycles. The highest BCUT2D eigenvalue weighted by molar-refractivity contribution is 5.45. The second kappa shape index (κ2) is 5.49. The molecule has 18 heavy (non-hydrogen) atoms. The maximum atomic E-state index is 13.3. The highest BCUT2D eigenvalue weighted by Crippen LogP contribution is 2.17. The summed E-state index contributed by atoms with van der Waals surface area (Å²) in [7, 11) is 1.60. The average Bonchev–Trinajstić information content (AvgIpc) is 2.38. The maximum absolute atomic E-state index is 13.3. The van der Waals surface area contributed by atoms with Gasteiger partial charge in [0.05, 0.1) is 12.8 Å². The molecule has 2 nitrogen and oxygen atoms in total. The molecule has 0 aliphatic rings. The Hall–Kier alpha value is -2.10. The van der Waals surface area contributed by atoms with Crippen molar-refractivity contribution in [2.75, 3.05) is 12.4 Å². The standard InChI is InChI=1S/C14H13F2NO/c1-18-12-5-2-10(3-6-12)9-17-14-7-4-11(15)8-13(14)16/h2-8,17H,9H2,1H3. The number of hydrogen-bond acceptors (Lipinski definition) is 2. The molecule has 0 radical (unpaired) electrons. The summed E-state index contributed by atoms with van der Waals surface area (Å²) in [6, 6.07) is 10.9. The van der Waals surface area contributed by atoms with Gasteiger partial charge in [-0.2, -0.15) is 0 Å². The van der Waals surface area contributed by atoms with Crippen LogP contribution in [-0.4, -0.2) is 7.11 Å². The Morgan fingerprint density at radius 3 is 2.39 bits per heavy atom. The number of ether oxygens (including phenoxy) is 1. The molecule has 2 aromatic carbocycles. The lowest BCUT2D eigenvalue weighted by Crippen LogP contribution is -2.01. The largest absolute Gasteiger partial charge is 0.497 e. The summed E-state index contributed by atoms with van der Waals surface area (Å²) in [5.74, 6) is -0.405. The molecule has 2 rings (SSSR count). The van der Waals surface area contributed by atoms with Gasteiger partial charge in [0.1, 0.15) is 17.4 Å². The van der Waals surface area contributed by atoms with Crippen molar-refractivity contribution in [3.05, 3.63) is 59.7 Å². The van der Waals surface area contributed by atoms with Crippen LogP contribution in [0.5, 0.6) is 5.75 Å². The summed E-state index contributed by atoms with van der Waals surface area (Å²) in [6.07, 6.45) is 0. The average molecular weight is 249 g/mol. The van der Waals surface area contributed by atoms with Gasteiger partial charge in [-0.15, -0.1) is 0 Å². The molecule has 0 heterocycles. The van der Waals surface area contributed by atoms with Crippen molar-refractivity contribution in [1.82, 2.24) is 0 Å². The topological polar surface area (TPSA) is 21.3 Å². The zero-order chi connectivity index (χ0) is 13.0. The van der Waals surface area contributed by atoms with E-state index in [-0.39, 0.29) is 5.69 Å². The summed E-state index contributed by atoms with van der Waals surface area (Å²) < 4.78 is 31.1. The highest BCUT2D eigenvalue weighted by Gasteiger charge is 2.03. The first-order valence-electron chi connectivity index (χ1n) is 5.51. The number of methoxy groups -OCH3 is 1. The van der Waals surface area contributed by atoms with Crippen molar-refractivity contribution in [1.29, 1.82) is 0 Å². The van der Waals surface area contributed by atoms with Gasteiger partial charge < -0.3 is 10.1 Å². The molecule has 4 heteroatoms. The fourth-order valence-electron chi connectivity index (χ4n) is 1.57. The Labute approximate surface area is 104 Å². The number of nitrogens with one attached hydrogen (secondary N) is 1. The van der Waals surface area contributed by atoms with Crippen LogP contribution in [0.3, 0.4) is 0 Å². The van der Waals surface area contributed by atoms with E-state index in [1.807, 2.05) is 24.3 Å². The summed E-state index contributed by atoms with van der Waals surface area (Å²) >= 11 is 0. The Balaban J connectivity index is 2.02. The molecule has 0 aromatic heterocycles. The summed E-state index contributed by atoms with van der Waals surface area (Å²) in [5, 5.41) is 2.91. The molecule has 0 aliphatic heterocycles. The smallest absolute Gasteiger partial charge is 0.149 e. The van der Waals surface area contributed by atoms with Crippen LogP contribution in [0, 0.1) is 11.6 Å². The maximum Gasteiger partial charge on any atom is 0.149 e. The predicted octanol–water partition coefficient (Wildman–Crippen LogP) is 3.59. The first-order valence-corrected chi connectivity index (χ1v) is 5.51. The van der Waals surface area contributed by atoms with Gasteiger partial charge in [-0.3, -0.25) is 0 Å². The lowest BCUT2D eigenvalue weighted by Gasteiger charge is -2.08. The molecular weight excluding hydrogens is 236 g/mol. The van der Waals surface area contributed by atoms with E-state index in [1.54, 1.807) is 7.11 Å². The van der Waals surface area contributed by atoms with E-state index >= 15 is 0 Å². The monoisotopic (exact) mass is 249 g/mol. The molecule has 0 bridgehead atoms. The first kappa shape index (κ1) is 12.4. The van der Waals surface area contributed by atoms with E-state index in [0.717, 1.165) is 17.4 Å².